The maximum absolute atomic E-state index is 5.96. The second-order valence-electron chi connectivity index (χ2n) is 4.80. The van der Waals surface area contributed by atoms with Gasteiger partial charge in [0, 0.05) is 24.2 Å². The predicted octanol–water partition coefficient (Wildman–Crippen LogP) is 4.09. The van der Waals surface area contributed by atoms with Crippen LogP contribution in [0.1, 0.15) is 20.3 Å². The second kappa shape index (κ2) is 6.55. The summed E-state index contributed by atoms with van der Waals surface area (Å²) in [5.41, 5.74) is 0.968. The molecule has 1 atom stereocenters. The van der Waals surface area contributed by atoms with Crippen molar-refractivity contribution in [2.24, 2.45) is 0 Å². The van der Waals surface area contributed by atoms with Gasteiger partial charge in [-0.1, -0.05) is 29.9 Å². The van der Waals surface area contributed by atoms with Gasteiger partial charge in [0.1, 0.15) is 0 Å². The van der Waals surface area contributed by atoms with Gasteiger partial charge < -0.3 is 10.2 Å². The highest BCUT2D eigenvalue weighted by Gasteiger charge is 2.07. The summed E-state index contributed by atoms with van der Waals surface area (Å²) in [7, 11) is 2.16. The Bertz CT molecular complexity index is 540. The van der Waals surface area contributed by atoms with Crippen molar-refractivity contribution >= 4 is 38.3 Å². The fourth-order valence-corrected chi connectivity index (χ4v) is 2.89. The van der Waals surface area contributed by atoms with E-state index < -0.39 is 0 Å². The van der Waals surface area contributed by atoms with Crippen LogP contribution in [0.15, 0.2) is 18.2 Å². The standard InChI is InChI=1S/C14H20ClN3S/c1-4-10(2)18(3)8-7-16-14-17-12-9-11(15)5-6-13(12)19-14/h5-6,9-10H,4,7-8H2,1-3H3,(H,16,17). The molecule has 0 aliphatic heterocycles. The predicted molar refractivity (Wildman–Crippen MR) is 85.5 cm³/mol. The third-order valence-electron chi connectivity index (χ3n) is 3.43. The summed E-state index contributed by atoms with van der Waals surface area (Å²) in [6.45, 7) is 6.39. The Kier molecular flexibility index (Phi) is 5.02. The molecule has 0 aliphatic carbocycles. The molecule has 0 amide bonds. The molecule has 1 aromatic heterocycles. The van der Waals surface area contributed by atoms with Gasteiger partial charge in [0.2, 0.25) is 0 Å². The van der Waals surface area contributed by atoms with Gasteiger partial charge in [-0.05, 0) is 38.6 Å². The van der Waals surface area contributed by atoms with E-state index in [1.807, 2.05) is 18.2 Å². The number of fused-ring (bicyclic) bond motifs is 1. The smallest absolute Gasteiger partial charge is 0.183 e. The Balaban J connectivity index is 1.91. The number of halogens is 1. The molecule has 0 bridgehead atoms. The van der Waals surface area contributed by atoms with Crippen molar-refractivity contribution in [2.75, 3.05) is 25.5 Å². The first-order valence-corrected chi connectivity index (χ1v) is 7.79. The number of hydrogen-bond donors (Lipinski definition) is 1. The van der Waals surface area contributed by atoms with Gasteiger partial charge in [0.15, 0.2) is 5.13 Å². The van der Waals surface area contributed by atoms with E-state index in [-0.39, 0.29) is 0 Å². The molecule has 1 aromatic carbocycles. The Hall–Kier alpha value is -0.840. The van der Waals surface area contributed by atoms with Gasteiger partial charge in [-0.15, -0.1) is 0 Å². The van der Waals surface area contributed by atoms with Crippen LogP contribution in [0.3, 0.4) is 0 Å². The van der Waals surface area contributed by atoms with Gasteiger partial charge in [0.25, 0.3) is 0 Å². The second-order valence-corrected chi connectivity index (χ2v) is 6.26. The summed E-state index contributed by atoms with van der Waals surface area (Å²) < 4.78 is 1.17. The molecule has 5 heteroatoms. The van der Waals surface area contributed by atoms with E-state index in [2.05, 4.69) is 36.1 Å². The van der Waals surface area contributed by atoms with E-state index in [1.165, 1.54) is 11.1 Å². The zero-order valence-corrected chi connectivity index (χ0v) is 13.2. The van der Waals surface area contributed by atoms with Gasteiger partial charge in [-0.3, -0.25) is 0 Å². The molecule has 1 unspecified atom stereocenters. The number of rotatable bonds is 6. The van der Waals surface area contributed by atoms with Gasteiger partial charge in [0.05, 0.1) is 10.2 Å². The molecule has 0 saturated carbocycles. The number of benzene rings is 1. The minimum atomic E-state index is 0.621. The van der Waals surface area contributed by atoms with Crippen LogP contribution < -0.4 is 5.32 Å². The number of thiazole rings is 1. The van der Waals surface area contributed by atoms with Crippen molar-refractivity contribution in [3.8, 4) is 0 Å². The lowest BCUT2D eigenvalue weighted by molar-refractivity contribution is 0.261. The first-order valence-electron chi connectivity index (χ1n) is 6.60. The lowest BCUT2D eigenvalue weighted by atomic mass is 10.2. The molecule has 2 rings (SSSR count). The molecule has 0 radical (unpaired) electrons. The largest absolute Gasteiger partial charge is 0.360 e. The van der Waals surface area contributed by atoms with Crippen molar-refractivity contribution < 1.29 is 0 Å². The fourth-order valence-electron chi connectivity index (χ4n) is 1.85. The number of likely N-dealkylation sites (N-methyl/N-ethyl adjacent to an activating group) is 1. The molecule has 0 spiro atoms. The highest BCUT2D eigenvalue weighted by molar-refractivity contribution is 7.22. The van der Waals surface area contributed by atoms with E-state index >= 15 is 0 Å². The topological polar surface area (TPSA) is 28.2 Å². The van der Waals surface area contributed by atoms with E-state index in [1.54, 1.807) is 11.3 Å². The normalized spacial score (nSPS) is 13.1. The number of nitrogens with one attached hydrogen (secondary N) is 1. The van der Waals surface area contributed by atoms with Crippen molar-refractivity contribution in [3.05, 3.63) is 23.2 Å². The summed E-state index contributed by atoms with van der Waals surface area (Å²) in [6, 6.07) is 6.45. The summed E-state index contributed by atoms with van der Waals surface area (Å²) in [5.74, 6) is 0. The van der Waals surface area contributed by atoms with Crippen LogP contribution in [0, 0.1) is 0 Å². The number of nitrogens with zero attached hydrogens (tertiary/aromatic N) is 2. The number of aromatic nitrogens is 1. The van der Waals surface area contributed by atoms with Crippen LogP contribution in [0.5, 0.6) is 0 Å². The van der Waals surface area contributed by atoms with Gasteiger partial charge >= 0.3 is 0 Å². The molecular weight excluding hydrogens is 278 g/mol. The van der Waals surface area contributed by atoms with E-state index in [0.717, 1.165) is 28.8 Å². The summed E-state index contributed by atoms with van der Waals surface area (Å²) in [6.07, 6.45) is 1.18. The first-order chi connectivity index (χ1) is 9.10. The third-order valence-corrected chi connectivity index (χ3v) is 4.66. The molecule has 104 valence electrons. The van der Waals surface area contributed by atoms with Gasteiger partial charge in [-0.2, -0.15) is 0 Å². The average molecular weight is 298 g/mol. The Morgan fingerprint density at radius 2 is 2.26 bits per heavy atom. The van der Waals surface area contributed by atoms with Crippen LogP contribution in [0.25, 0.3) is 10.2 Å². The minimum Gasteiger partial charge on any atom is -0.360 e. The molecule has 1 heterocycles. The Morgan fingerprint density at radius 3 is 3.00 bits per heavy atom. The maximum atomic E-state index is 5.96. The fraction of sp³-hybridized carbons (Fsp3) is 0.500. The lowest BCUT2D eigenvalue weighted by Crippen LogP contribution is -2.32. The van der Waals surface area contributed by atoms with Gasteiger partial charge in [-0.25, -0.2) is 4.98 Å². The van der Waals surface area contributed by atoms with Crippen molar-refractivity contribution in [1.82, 2.24) is 9.88 Å². The zero-order chi connectivity index (χ0) is 13.8. The zero-order valence-electron chi connectivity index (χ0n) is 11.6. The van der Waals surface area contributed by atoms with Crippen LogP contribution in [-0.2, 0) is 0 Å². The monoisotopic (exact) mass is 297 g/mol. The lowest BCUT2D eigenvalue weighted by Gasteiger charge is -2.23. The maximum Gasteiger partial charge on any atom is 0.183 e. The Morgan fingerprint density at radius 1 is 1.47 bits per heavy atom. The van der Waals surface area contributed by atoms with E-state index in [9.17, 15) is 0 Å². The molecule has 2 aromatic rings. The van der Waals surface area contributed by atoms with Crippen molar-refractivity contribution in [1.29, 1.82) is 0 Å². The third kappa shape index (κ3) is 3.81. The first kappa shape index (κ1) is 14.6. The highest BCUT2D eigenvalue weighted by Crippen LogP contribution is 2.27. The van der Waals surface area contributed by atoms with Crippen LogP contribution >= 0.6 is 22.9 Å². The number of anilines is 1. The molecule has 1 N–H and O–H groups in total. The van der Waals surface area contributed by atoms with Crippen molar-refractivity contribution in [2.45, 2.75) is 26.3 Å². The quantitative estimate of drug-likeness (QED) is 0.870. The van der Waals surface area contributed by atoms with E-state index in [0.29, 0.717) is 6.04 Å². The average Bonchev–Trinajstić information content (AvgIpc) is 2.79. The highest BCUT2D eigenvalue weighted by atomic mass is 35.5. The number of hydrogen-bond acceptors (Lipinski definition) is 4. The van der Waals surface area contributed by atoms with Crippen LogP contribution in [0.2, 0.25) is 5.02 Å². The molecule has 0 saturated heterocycles. The molecule has 0 fully saturated rings. The summed E-state index contributed by atoms with van der Waals surface area (Å²) in [4.78, 5) is 6.90. The SMILES string of the molecule is CCC(C)N(C)CCNc1nc2cc(Cl)ccc2s1. The van der Waals surface area contributed by atoms with Crippen molar-refractivity contribution in [3.63, 3.8) is 0 Å². The molecule has 3 nitrogen and oxygen atoms in total. The molecule has 0 aliphatic rings. The van der Waals surface area contributed by atoms with Crippen LogP contribution in [0.4, 0.5) is 5.13 Å². The Labute approximate surface area is 123 Å². The minimum absolute atomic E-state index is 0.621. The summed E-state index contributed by atoms with van der Waals surface area (Å²) >= 11 is 7.63. The molecular formula is C14H20ClN3S. The van der Waals surface area contributed by atoms with Crippen LogP contribution in [-0.4, -0.2) is 36.1 Å². The summed E-state index contributed by atoms with van der Waals surface area (Å²) in [5, 5.41) is 5.09. The molecule has 19 heavy (non-hydrogen) atoms. The van der Waals surface area contributed by atoms with E-state index in [4.69, 9.17) is 11.6 Å².